The maximum Gasteiger partial charge on any atom is 0.117 e. The molecule has 1 heterocycles. The predicted octanol–water partition coefficient (Wildman–Crippen LogP) is -0.931. The maximum absolute atomic E-state index is 11.9. The van der Waals surface area contributed by atoms with Crippen LogP contribution in [0.1, 0.15) is 0 Å². The molecule has 1 aliphatic heterocycles. The molecule has 0 bridgehead atoms. The van der Waals surface area contributed by atoms with E-state index in [9.17, 15) is 4.39 Å². The van der Waals surface area contributed by atoms with Gasteiger partial charge in [0.2, 0.25) is 0 Å². The van der Waals surface area contributed by atoms with Crippen molar-refractivity contribution in [2.24, 2.45) is 0 Å². The van der Waals surface area contributed by atoms with Crippen LogP contribution in [0.25, 0.3) is 0 Å². The first-order valence-corrected chi connectivity index (χ1v) is 4.63. The fraction of sp³-hybridized carbons (Fsp3) is 1.00. The van der Waals surface area contributed by atoms with Crippen molar-refractivity contribution in [3.8, 4) is 0 Å². The quantitative estimate of drug-likeness (QED) is 0.602. The van der Waals surface area contributed by atoms with Gasteiger partial charge in [0.1, 0.15) is 6.67 Å². The standard InChI is InChI=1S/C8H18FN3O/c1-11-2-4-12(5-3-11)10-7-8(13)6-9/h8,10,13H,2-7H2,1H3. The van der Waals surface area contributed by atoms with Crippen molar-refractivity contribution in [2.45, 2.75) is 6.10 Å². The first-order chi connectivity index (χ1) is 6.22. The van der Waals surface area contributed by atoms with Crippen molar-refractivity contribution < 1.29 is 9.50 Å². The largest absolute Gasteiger partial charge is 0.389 e. The number of aliphatic hydroxyl groups excluding tert-OH is 1. The topological polar surface area (TPSA) is 38.7 Å². The summed E-state index contributed by atoms with van der Waals surface area (Å²) in [6.07, 6.45) is -0.875. The average molecular weight is 191 g/mol. The number of hydrogen-bond donors (Lipinski definition) is 2. The highest BCUT2D eigenvalue weighted by atomic mass is 19.1. The van der Waals surface area contributed by atoms with Crippen molar-refractivity contribution in [3.05, 3.63) is 0 Å². The number of hydrogen-bond acceptors (Lipinski definition) is 4. The van der Waals surface area contributed by atoms with E-state index in [2.05, 4.69) is 17.4 Å². The van der Waals surface area contributed by atoms with Crippen molar-refractivity contribution in [3.63, 3.8) is 0 Å². The normalized spacial score (nSPS) is 23.3. The minimum absolute atomic E-state index is 0.306. The van der Waals surface area contributed by atoms with Gasteiger partial charge in [-0.1, -0.05) is 0 Å². The minimum Gasteiger partial charge on any atom is -0.389 e. The number of nitrogens with one attached hydrogen (secondary N) is 1. The van der Waals surface area contributed by atoms with Crippen LogP contribution in [-0.2, 0) is 0 Å². The summed E-state index contributed by atoms with van der Waals surface area (Å²) in [7, 11) is 2.08. The van der Waals surface area contributed by atoms with E-state index in [0.29, 0.717) is 6.54 Å². The number of alkyl halides is 1. The molecule has 13 heavy (non-hydrogen) atoms. The number of nitrogens with zero attached hydrogens (tertiary/aromatic N) is 2. The average Bonchev–Trinajstić information content (AvgIpc) is 2.16. The maximum atomic E-state index is 11.9. The second kappa shape index (κ2) is 5.49. The second-order valence-corrected chi connectivity index (χ2v) is 3.46. The van der Waals surface area contributed by atoms with Crippen LogP contribution >= 0.6 is 0 Å². The van der Waals surface area contributed by atoms with E-state index in [4.69, 9.17) is 5.11 Å². The van der Waals surface area contributed by atoms with Crippen LogP contribution in [0.3, 0.4) is 0 Å². The number of piperazine rings is 1. The highest BCUT2D eigenvalue weighted by Crippen LogP contribution is 1.95. The third kappa shape index (κ3) is 3.99. The second-order valence-electron chi connectivity index (χ2n) is 3.46. The molecular formula is C8H18FN3O. The number of halogens is 1. The summed E-state index contributed by atoms with van der Waals surface area (Å²) in [5, 5.41) is 11.0. The molecule has 0 saturated carbocycles. The van der Waals surface area contributed by atoms with Gasteiger partial charge >= 0.3 is 0 Å². The molecule has 78 valence electrons. The Hall–Kier alpha value is -0.230. The Kier molecular flexibility index (Phi) is 4.58. The van der Waals surface area contributed by atoms with E-state index in [-0.39, 0.29) is 0 Å². The van der Waals surface area contributed by atoms with Crippen molar-refractivity contribution in [1.82, 2.24) is 15.3 Å². The Morgan fingerprint density at radius 1 is 1.38 bits per heavy atom. The molecule has 4 nitrogen and oxygen atoms in total. The van der Waals surface area contributed by atoms with Crippen LogP contribution in [0.15, 0.2) is 0 Å². The van der Waals surface area contributed by atoms with Gasteiger partial charge in [0.25, 0.3) is 0 Å². The zero-order valence-corrected chi connectivity index (χ0v) is 8.04. The van der Waals surface area contributed by atoms with Gasteiger partial charge in [0, 0.05) is 32.7 Å². The fourth-order valence-corrected chi connectivity index (χ4v) is 1.25. The Bertz CT molecular complexity index is 139. The lowest BCUT2D eigenvalue weighted by Gasteiger charge is -2.32. The molecule has 1 aliphatic rings. The molecule has 0 aromatic carbocycles. The van der Waals surface area contributed by atoms with Gasteiger partial charge in [-0.2, -0.15) is 0 Å². The molecule has 1 fully saturated rings. The Morgan fingerprint density at radius 3 is 2.54 bits per heavy atom. The van der Waals surface area contributed by atoms with E-state index in [1.165, 1.54) is 0 Å². The van der Waals surface area contributed by atoms with Gasteiger partial charge in [0.15, 0.2) is 0 Å². The van der Waals surface area contributed by atoms with Crippen LogP contribution in [0.2, 0.25) is 0 Å². The number of likely N-dealkylation sites (N-methyl/N-ethyl adjacent to an activating group) is 1. The summed E-state index contributed by atoms with van der Waals surface area (Å²) in [5.74, 6) is 0. The van der Waals surface area contributed by atoms with Gasteiger partial charge < -0.3 is 10.0 Å². The molecule has 0 aromatic rings. The van der Waals surface area contributed by atoms with Crippen LogP contribution in [0.4, 0.5) is 4.39 Å². The first-order valence-electron chi connectivity index (χ1n) is 4.63. The smallest absolute Gasteiger partial charge is 0.117 e. The van der Waals surface area contributed by atoms with E-state index in [0.717, 1.165) is 26.2 Å². The van der Waals surface area contributed by atoms with Crippen molar-refractivity contribution in [1.29, 1.82) is 0 Å². The fourth-order valence-electron chi connectivity index (χ4n) is 1.25. The Balaban J connectivity index is 2.08. The van der Waals surface area contributed by atoms with Crippen molar-refractivity contribution >= 4 is 0 Å². The SMILES string of the molecule is CN1CCN(NCC(O)CF)CC1. The minimum atomic E-state index is -0.875. The van der Waals surface area contributed by atoms with Crippen LogP contribution < -0.4 is 5.43 Å². The van der Waals surface area contributed by atoms with Gasteiger partial charge in [-0.15, -0.1) is 0 Å². The number of aliphatic hydroxyl groups is 1. The summed E-state index contributed by atoms with van der Waals surface area (Å²) in [6, 6.07) is 0. The molecule has 1 atom stereocenters. The van der Waals surface area contributed by atoms with E-state index in [1.807, 2.05) is 5.01 Å². The van der Waals surface area contributed by atoms with Gasteiger partial charge in [-0.05, 0) is 7.05 Å². The van der Waals surface area contributed by atoms with Crippen LogP contribution in [0.5, 0.6) is 0 Å². The summed E-state index contributed by atoms with van der Waals surface area (Å²) in [5.41, 5.74) is 3.01. The summed E-state index contributed by atoms with van der Waals surface area (Å²) < 4.78 is 11.9. The van der Waals surface area contributed by atoms with Gasteiger partial charge in [-0.25, -0.2) is 9.40 Å². The monoisotopic (exact) mass is 191 g/mol. The van der Waals surface area contributed by atoms with Crippen molar-refractivity contribution in [2.75, 3.05) is 46.4 Å². The van der Waals surface area contributed by atoms with E-state index in [1.54, 1.807) is 0 Å². The Morgan fingerprint density at radius 2 is 2.00 bits per heavy atom. The number of hydrazine groups is 1. The van der Waals surface area contributed by atoms with Crippen LogP contribution in [0, 0.1) is 0 Å². The summed E-state index contributed by atoms with van der Waals surface area (Å²) in [6.45, 7) is 3.50. The summed E-state index contributed by atoms with van der Waals surface area (Å²) in [4.78, 5) is 2.24. The van der Waals surface area contributed by atoms with Gasteiger partial charge in [-0.3, -0.25) is 5.43 Å². The third-order valence-electron chi connectivity index (χ3n) is 2.23. The molecule has 0 amide bonds. The molecule has 0 aromatic heterocycles. The molecule has 1 saturated heterocycles. The van der Waals surface area contributed by atoms with E-state index < -0.39 is 12.8 Å². The van der Waals surface area contributed by atoms with E-state index >= 15 is 0 Å². The molecule has 0 spiro atoms. The number of rotatable bonds is 4. The summed E-state index contributed by atoms with van der Waals surface area (Å²) >= 11 is 0. The molecular weight excluding hydrogens is 173 g/mol. The molecule has 1 rings (SSSR count). The van der Waals surface area contributed by atoms with Crippen LogP contribution in [-0.4, -0.2) is 67.6 Å². The third-order valence-corrected chi connectivity index (χ3v) is 2.23. The highest BCUT2D eigenvalue weighted by molar-refractivity contribution is 4.67. The first kappa shape index (κ1) is 10.8. The predicted molar refractivity (Wildman–Crippen MR) is 49.1 cm³/mol. The van der Waals surface area contributed by atoms with Gasteiger partial charge in [0.05, 0.1) is 6.10 Å². The zero-order chi connectivity index (χ0) is 9.68. The molecule has 2 N–H and O–H groups in total. The lowest BCUT2D eigenvalue weighted by molar-refractivity contribution is 0.0657. The Labute approximate surface area is 78.3 Å². The highest BCUT2D eigenvalue weighted by Gasteiger charge is 2.13. The molecule has 0 aliphatic carbocycles. The zero-order valence-electron chi connectivity index (χ0n) is 8.04. The molecule has 1 unspecified atom stereocenters. The molecule has 0 radical (unpaired) electrons. The molecule has 5 heteroatoms. The lowest BCUT2D eigenvalue weighted by atomic mass is 10.4. The lowest BCUT2D eigenvalue weighted by Crippen LogP contribution is -2.52.